The van der Waals surface area contributed by atoms with Gasteiger partial charge in [0.05, 0.1) is 18.0 Å². The molecule has 0 aliphatic heterocycles. The van der Waals surface area contributed by atoms with Gasteiger partial charge < -0.3 is 15.7 Å². The van der Waals surface area contributed by atoms with Crippen molar-refractivity contribution in [1.82, 2.24) is 14.9 Å². The van der Waals surface area contributed by atoms with Crippen molar-refractivity contribution in [3.8, 4) is 11.3 Å². The average Bonchev–Trinajstić information content (AvgIpc) is 3.13. The first kappa shape index (κ1) is 20.0. The third kappa shape index (κ3) is 4.03. The van der Waals surface area contributed by atoms with E-state index in [2.05, 4.69) is 11.1 Å². The number of rotatable bonds is 6. The number of hydrogen-bond acceptors (Lipinski definition) is 6. The maximum atomic E-state index is 13.4. The van der Waals surface area contributed by atoms with Gasteiger partial charge in [-0.3, -0.25) is 9.78 Å². The summed E-state index contributed by atoms with van der Waals surface area (Å²) < 4.78 is 0. The lowest BCUT2D eigenvalue weighted by molar-refractivity contribution is 0.0820. The van der Waals surface area contributed by atoms with Gasteiger partial charge in [-0.15, -0.1) is 11.3 Å². The number of hydrogen-bond donors (Lipinski definition) is 2. The molecule has 3 N–H and O–H groups in total. The molecule has 0 atom stereocenters. The lowest BCUT2D eigenvalue weighted by Crippen LogP contribution is -2.31. The summed E-state index contributed by atoms with van der Waals surface area (Å²) in [5.41, 5.74) is 9.46. The van der Waals surface area contributed by atoms with Crippen LogP contribution >= 0.6 is 11.3 Å². The van der Waals surface area contributed by atoms with Crippen LogP contribution in [0.5, 0.6) is 0 Å². The van der Waals surface area contributed by atoms with E-state index in [4.69, 9.17) is 15.8 Å². The summed E-state index contributed by atoms with van der Waals surface area (Å²) in [6.07, 6.45) is 14.6. The molecule has 152 valence electrons. The SMILES string of the molecule is Nc1c(C(=O)N(C/C=C\CO)C2=CC=CCC2)sc2nc(-c3cccnc3)ccc12. The molecule has 0 bridgehead atoms. The molecular formula is C23H22N4O2S. The Hall–Kier alpha value is -3.29. The molecule has 0 radical (unpaired) electrons. The maximum absolute atomic E-state index is 13.4. The van der Waals surface area contributed by atoms with Crippen molar-refractivity contribution in [3.63, 3.8) is 0 Å². The highest BCUT2D eigenvalue weighted by Crippen LogP contribution is 2.35. The number of thiophene rings is 1. The van der Waals surface area contributed by atoms with Crippen LogP contribution in [-0.4, -0.2) is 39.0 Å². The van der Waals surface area contributed by atoms with E-state index in [0.29, 0.717) is 17.1 Å². The minimum absolute atomic E-state index is 0.0625. The normalized spacial score (nSPS) is 13.7. The van der Waals surface area contributed by atoms with Crippen molar-refractivity contribution < 1.29 is 9.90 Å². The number of carbonyl (C=O) groups is 1. The van der Waals surface area contributed by atoms with Crippen molar-refractivity contribution in [1.29, 1.82) is 0 Å². The summed E-state index contributed by atoms with van der Waals surface area (Å²) >= 11 is 1.31. The molecular weight excluding hydrogens is 396 g/mol. The van der Waals surface area contributed by atoms with Crippen LogP contribution in [0.15, 0.2) is 72.7 Å². The number of aromatic nitrogens is 2. The van der Waals surface area contributed by atoms with Gasteiger partial charge in [0.15, 0.2) is 0 Å². The van der Waals surface area contributed by atoms with E-state index in [0.717, 1.165) is 40.0 Å². The van der Waals surface area contributed by atoms with E-state index in [1.54, 1.807) is 29.4 Å². The Bertz CT molecular complexity index is 1150. The zero-order chi connectivity index (χ0) is 20.9. The predicted octanol–water partition coefficient (Wildman–Crippen LogP) is 4.17. The summed E-state index contributed by atoms with van der Waals surface area (Å²) in [6.45, 7) is 0.314. The smallest absolute Gasteiger partial charge is 0.270 e. The van der Waals surface area contributed by atoms with Gasteiger partial charge in [0.2, 0.25) is 0 Å². The Labute approximate surface area is 178 Å². The lowest BCUT2D eigenvalue weighted by atomic mass is 10.1. The molecule has 0 saturated heterocycles. The molecule has 0 saturated carbocycles. The topological polar surface area (TPSA) is 92.3 Å². The zero-order valence-electron chi connectivity index (χ0n) is 16.4. The zero-order valence-corrected chi connectivity index (χ0v) is 17.2. The fraction of sp³-hybridized carbons (Fsp3) is 0.174. The van der Waals surface area contributed by atoms with Gasteiger partial charge in [0.25, 0.3) is 5.91 Å². The number of anilines is 1. The molecule has 1 aliphatic rings. The molecule has 0 fully saturated rings. The van der Waals surface area contributed by atoms with Crippen LogP contribution in [0.25, 0.3) is 21.5 Å². The summed E-state index contributed by atoms with van der Waals surface area (Å²) in [6, 6.07) is 7.62. The largest absolute Gasteiger partial charge is 0.397 e. The first-order chi connectivity index (χ1) is 14.7. The van der Waals surface area contributed by atoms with Gasteiger partial charge in [-0.2, -0.15) is 0 Å². The van der Waals surface area contributed by atoms with E-state index in [-0.39, 0.29) is 12.5 Å². The van der Waals surface area contributed by atoms with Gasteiger partial charge in [0.1, 0.15) is 9.71 Å². The minimum Gasteiger partial charge on any atom is -0.397 e. The van der Waals surface area contributed by atoms with Crippen LogP contribution in [0.3, 0.4) is 0 Å². The van der Waals surface area contributed by atoms with E-state index < -0.39 is 0 Å². The fourth-order valence-corrected chi connectivity index (χ4v) is 4.40. The molecule has 0 unspecified atom stereocenters. The summed E-state index contributed by atoms with van der Waals surface area (Å²) in [5.74, 6) is -0.150. The number of carbonyl (C=O) groups excluding carboxylic acids is 1. The molecule has 3 heterocycles. The number of nitrogens with two attached hydrogens (primary N) is 1. The Morgan fingerprint density at radius 3 is 2.93 bits per heavy atom. The van der Waals surface area contributed by atoms with Gasteiger partial charge >= 0.3 is 0 Å². The quantitative estimate of drug-likeness (QED) is 0.586. The van der Waals surface area contributed by atoms with E-state index in [1.807, 2.05) is 36.4 Å². The first-order valence-corrected chi connectivity index (χ1v) is 10.5. The van der Waals surface area contributed by atoms with Crippen molar-refractivity contribution in [2.75, 3.05) is 18.9 Å². The summed E-state index contributed by atoms with van der Waals surface area (Å²) in [5, 5.41) is 9.83. The van der Waals surface area contributed by atoms with Gasteiger partial charge in [-0.25, -0.2) is 4.98 Å². The Balaban J connectivity index is 1.71. The summed E-state index contributed by atoms with van der Waals surface area (Å²) in [7, 11) is 0. The van der Waals surface area contributed by atoms with Gasteiger partial charge in [-0.1, -0.05) is 24.3 Å². The summed E-state index contributed by atoms with van der Waals surface area (Å²) in [4.78, 5) is 25.2. The number of nitrogens with zero attached hydrogens (tertiary/aromatic N) is 3. The number of nitrogen functional groups attached to an aromatic ring is 1. The van der Waals surface area contributed by atoms with Crippen LogP contribution < -0.4 is 5.73 Å². The van der Waals surface area contributed by atoms with Crippen LogP contribution in [0, 0.1) is 0 Å². The molecule has 3 aromatic heterocycles. The van der Waals surface area contributed by atoms with Crippen molar-refractivity contribution in [2.45, 2.75) is 12.8 Å². The molecule has 0 aromatic carbocycles. The highest BCUT2D eigenvalue weighted by Gasteiger charge is 2.25. The second kappa shape index (κ2) is 9.02. The molecule has 3 aromatic rings. The maximum Gasteiger partial charge on any atom is 0.270 e. The third-order valence-electron chi connectivity index (χ3n) is 4.89. The number of aliphatic hydroxyl groups excluding tert-OH is 1. The lowest BCUT2D eigenvalue weighted by Gasteiger charge is -2.25. The second-order valence-electron chi connectivity index (χ2n) is 6.83. The number of amides is 1. The van der Waals surface area contributed by atoms with Crippen molar-refractivity contribution in [3.05, 3.63) is 77.6 Å². The molecule has 30 heavy (non-hydrogen) atoms. The van der Waals surface area contributed by atoms with E-state index >= 15 is 0 Å². The van der Waals surface area contributed by atoms with Crippen molar-refractivity contribution in [2.24, 2.45) is 0 Å². The average molecular weight is 419 g/mol. The van der Waals surface area contributed by atoms with Crippen LogP contribution in [0.4, 0.5) is 5.69 Å². The third-order valence-corrected chi connectivity index (χ3v) is 5.99. The number of allylic oxidation sites excluding steroid dienone is 4. The van der Waals surface area contributed by atoms with Crippen LogP contribution in [0.2, 0.25) is 0 Å². The number of fused-ring (bicyclic) bond motifs is 1. The monoisotopic (exact) mass is 418 g/mol. The molecule has 7 heteroatoms. The van der Waals surface area contributed by atoms with Crippen LogP contribution in [-0.2, 0) is 0 Å². The van der Waals surface area contributed by atoms with E-state index in [1.165, 1.54) is 11.3 Å². The number of aliphatic hydroxyl groups is 1. The second-order valence-corrected chi connectivity index (χ2v) is 7.83. The Morgan fingerprint density at radius 1 is 1.30 bits per heavy atom. The highest BCUT2D eigenvalue weighted by molar-refractivity contribution is 7.21. The standard InChI is InChI=1S/C23H22N4O2S/c24-20-18-10-11-19(16-7-6-12-25-15-16)26-22(18)30-21(20)23(29)27(13-4-5-14-28)17-8-2-1-3-9-17/h1-2,4-8,10-12,15,28H,3,9,13-14,24H2/b5-4-. The molecule has 1 aliphatic carbocycles. The Kier molecular flexibility index (Phi) is 6.02. The van der Waals surface area contributed by atoms with Gasteiger partial charge in [0, 0.05) is 35.6 Å². The highest BCUT2D eigenvalue weighted by atomic mass is 32.1. The molecule has 4 rings (SSSR count). The molecule has 0 spiro atoms. The van der Waals surface area contributed by atoms with E-state index in [9.17, 15) is 4.79 Å². The van der Waals surface area contributed by atoms with Gasteiger partial charge in [-0.05, 0) is 43.2 Å². The first-order valence-electron chi connectivity index (χ1n) is 9.72. The Morgan fingerprint density at radius 2 is 2.20 bits per heavy atom. The fourth-order valence-electron chi connectivity index (χ4n) is 3.35. The van der Waals surface area contributed by atoms with Crippen LogP contribution in [0.1, 0.15) is 22.5 Å². The molecule has 1 amide bonds. The number of pyridine rings is 2. The predicted molar refractivity (Wildman–Crippen MR) is 121 cm³/mol. The minimum atomic E-state index is -0.150. The van der Waals surface area contributed by atoms with Crippen molar-refractivity contribution >= 4 is 33.1 Å². The molecule has 6 nitrogen and oxygen atoms in total.